The predicted octanol–water partition coefficient (Wildman–Crippen LogP) is 3.45. The quantitative estimate of drug-likeness (QED) is 0.828. The van der Waals surface area contributed by atoms with Crippen LogP contribution in [0.1, 0.15) is 58.1 Å². The second-order valence-corrected chi connectivity index (χ2v) is 5.73. The van der Waals surface area contributed by atoms with Gasteiger partial charge >= 0.3 is 0 Å². The predicted molar refractivity (Wildman–Crippen MR) is 83.8 cm³/mol. The molecule has 1 atom stereocenters. The van der Waals surface area contributed by atoms with Gasteiger partial charge in [0.25, 0.3) is 0 Å². The number of piperidine rings is 1. The van der Waals surface area contributed by atoms with E-state index in [1.54, 1.807) is 0 Å². The third-order valence-electron chi connectivity index (χ3n) is 4.00. The van der Waals surface area contributed by atoms with Crippen LogP contribution in [0, 0.1) is 0 Å². The molecule has 1 N–H and O–H groups in total. The Bertz CT molecular complexity index is 375. The average Bonchev–Trinajstić information content (AvgIpc) is 2.49. The van der Waals surface area contributed by atoms with Gasteiger partial charge in [-0.2, -0.15) is 0 Å². The first-order valence-corrected chi connectivity index (χ1v) is 8.12. The minimum atomic E-state index is 0.744. The highest BCUT2D eigenvalue weighted by Gasteiger charge is 2.21. The molecule has 20 heavy (non-hydrogen) atoms. The smallest absolute Gasteiger partial charge is 0.144 e. The van der Waals surface area contributed by atoms with Crippen LogP contribution in [0.4, 0.5) is 5.82 Å². The van der Waals surface area contributed by atoms with Crippen molar-refractivity contribution in [2.24, 2.45) is 0 Å². The van der Waals surface area contributed by atoms with Crippen molar-refractivity contribution in [2.45, 2.75) is 65.0 Å². The average molecular weight is 276 g/mol. The zero-order valence-corrected chi connectivity index (χ0v) is 12.9. The van der Waals surface area contributed by atoms with Crippen molar-refractivity contribution in [3.8, 4) is 0 Å². The second kappa shape index (κ2) is 8.20. The zero-order valence-electron chi connectivity index (χ0n) is 12.9. The van der Waals surface area contributed by atoms with E-state index in [1.807, 2.05) is 12.4 Å². The van der Waals surface area contributed by atoms with E-state index in [2.05, 4.69) is 34.0 Å². The van der Waals surface area contributed by atoms with Crippen molar-refractivity contribution >= 4 is 5.82 Å². The van der Waals surface area contributed by atoms with Crippen LogP contribution >= 0.6 is 0 Å². The molecule has 1 aliphatic heterocycles. The molecule has 0 amide bonds. The lowest BCUT2D eigenvalue weighted by Gasteiger charge is -2.35. The van der Waals surface area contributed by atoms with Gasteiger partial charge < -0.3 is 5.32 Å². The first-order chi connectivity index (χ1) is 9.83. The van der Waals surface area contributed by atoms with Crippen LogP contribution in [0.25, 0.3) is 0 Å². The van der Waals surface area contributed by atoms with Gasteiger partial charge in [-0.05, 0) is 32.2 Å². The van der Waals surface area contributed by atoms with Crippen molar-refractivity contribution in [3.05, 3.63) is 18.1 Å². The molecule has 0 radical (unpaired) electrons. The number of nitrogens with one attached hydrogen (secondary N) is 1. The minimum absolute atomic E-state index is 0.744. The van der Waals surface area contributed by atoms with Crippen molar-refractivity contribution < 1.29 is 0 Å². The molecule has 2 heterocycles. The van der Waals surface area contributed by atoms with Gasteiger partial charge in [0.2, 0.25) is 0 Å². The molecule has 112 valence electrons. The summed E-state index contributed by atoms with van der Waals surface area (Å²) in [5, 5.41) is 3.27. The van der Waals surface area contributed by atoms with Crippen LogP contribution in [0.15, 0.2) is 12.4 Å². The maximum Gasteiger partial charge on any atom is 0.144 e. The highest BCUT2D eigenvalue weighted by molar-refractivity contribution is 5.30. The monoisotopic (exact) mass is 276 g/mol. The summed E-state index contributed by atoms with van der Waals surface area (Å²) in [6, 6.07) is 0.744. The van der Waals surface area contributed by atoms with E-state index in [0.29, 0.717) is 0 Å². The lowest BCUT2D eigenvalue weighted by Crippen LogP contribution is -2.39. The van der Waals surface area contributed by atoms with E-state index in [9.17, 15) is 0 Å². The van der Waals surface area contributed by atoms with Crippen molar-refractivity contribution in [1.82, 2.24) is 14.9 Å². The largest absolute Gasteiger partial charge is 0.369 e. The molecule has 1 aromatic heterocycles. The number of nitrogens with zero attached hydrogens (tertiary/aromatic N) is 3. The Morgan fingerprint density at radius 1 is 1.20 bits per heavy atom. The fourth-order valence-electron chi connectivity index (χ4n) is 2.92. The lowest BCUT2D eigenvalue weighted by molar-refractivity contribution is 0.130. The SMILES string of the molecule is CCCNc1cnc(CN2CCCCC2CCC)cn1. The summed E-state index contributed by atoms with van der Waals surface area (Å²) >= 11 is 0. The maximum atomic E-state index is 4.55. The number of aromatic nitrogens is 2. The third kappa shape index (κ3) is 4.44. The molecule has 0 spiro atoms. The topological polar surface area (TPSA) is 41.1 Å². The van der Waals surface area contributed by atoms with Gasteiger partial charge in [0, 0.05) is 19.1 Å². The third-order valence-corrected chi connectivity index (χ3v) is 4.00. The fourth-order valence-corrected chi connectivity index (χ4v) is 2.92. The summed E-state index contributed by atoms with van der Waals surface area (Å²) < 4.78 is 0. The number of hydrogen-bond donors (Lipinski definition) is 1. The van der Waals surface area contributed by atoms with Crippen molar-refractivity contribution in [1.29, 1.82) is 0 Å². The molecule has 4 nitrogen and oxygen atoms in total. The second-order valence-electron chi connectivity index (χ2n) is 5.73. The number of likely N-dealkylation sites (tertiary alicyclic amines) is 1. The van der Waals surface area contributed by atoms with Gasteiger partial charge in [-0.25, -0.2) is 4.98 Å². The van der Waals surface area contributed by atoms with Crippen LogP contribution in [-0.2, 0) is 6.54 Å². The van der Waals surface area contributed by atoms with Crippen molar-refractivity contribution in [2.75, 3.05) is 18.4 Å². The van der Waals surface area contributed by atoms with E-state index in [4.69, 9.17) is 0 Å². The Balaban J connectivity index is 1.90. The molecule has 0 bridgehead atoms. The Morgan fingerprint density at radius 3 is 2.80 bits per heavy atom. The molecule has 1 aliphatic rings. The Labute approximate surface area is 123 Å². The summed E-state index contributed by atoms with van der Waals surface area (Å²) in [7, 11) is 0. The van der Waals surface area contributed by atoms with Gasteiger partial charge in [-0.15, -0.1) is 0 Å². The standard InChI is InChI=1S/C16H28N4/c1-3-7-15-8-5-6-10-20(15)13-14-11-19-16(12-18-14)17-9-4-2/h11-12,15H,3-10,13H2,1-2H3,(H,17,19). The molecule has 0 aliphatic carbocycles. The summed E-state index contributed by atoms with van der Waals surface area (Å²) in [6.07, 6.45) is 11.5. The molecule has 2 rings (SSSR count). The summed E-state index contributed by atoms with van der Waals surface area (Å²) in [4.78, 5) is 11.6. The highest BCUT2D eigenvalue weighted by atomic mass is 15.2. The van der Waals surface area contributed by atoms with Gasteiger partial charge in [0.05, 0.1) is 18.1 Å². The Hall–Kier alpha value is -1.16. The van der Waals surface area contributed by atoms with Gasteiger partial charge in [0.1, 0.15) is 5.82 Å². The van der Waals surface area contributed by atoms with E-state index in [1.165, 1.54) is 38.6 Å². The van der Waals surface area contributed by atoms with E-state index in [0.717, 1.165) is 37.1 Å². The lowest BCUT2D eigenvalue weighted by atomic mass is 9.98. The van der Waals surface area contributed by atoms with Crippen LogP contribution < -0.4 is 5.32 Å². The molecule has 1 aromatic rings. The van der Waals surface area contributed by atoms with Gasteiger partial charge in [0.15, 0.2) is 0 Å². The molecule has 1 saturated heterocycles. The summed E-state index contributed by atoms with van der Waals surface area (Å²) in [5.74, 6) is 0.888. The van der Waals surface area contributed by atoms with Crippen LogP contribution in [0.5, 0.6) is 0 Å². The van der Waals surface area contributed by atoms with Crippen LogP contribution in [0.3, 0.4) is 0 Å². The highest BCUT2D eigenvalue weighted by Crippen LogP contribution is 2.22. The summed E-state index contributed by atoms with van der Waals surface area (Å²) in [6.45, 7) is 7.55. The van der Waals surface area contributed by atoms with Crippen LogP contribution in [-0.4, -0.2) is 34.0 Å². The molecule has 1 fully saturated rings. The fraction of sp³-hybridized carbons (Fsp3) is 0.750. The summed E-state index contributed by atoms with van der Waals surface area (Å²) in [5.41, 5.74) is 1.09. The molecular formula is C16H28N4. The molecule has 0 aromatic carbocycles. The number of rotatable bonds is 7. The Kier molecular flexibility index (Phi) is 6.25. The Morgan fingerprint density at radius 2 is 2.10 bits per heavy atom. The normalized spacial score (nSPS) is 20.0. The van der Waals surface area contributed by atoms with E-state index < -0.39 is 0 Å². The van der Waals surface area contributed by atoms with Gasteiger partial charge in [-0.1, -0.05) is 26.7 Å². The minimum Gasteiger partial charge on any atom is -0.369 e. The van der Waals surface area contributed by atoms with Crippen LogP contribution in [0.2, 0.25) is 0 Å². The number of hydrogen-bond acceptors (Lipinski definition) is 4. The number of anilines is 1. The molecule has 4 heteroatoms. The van der Waals surface area contributed by atoms with Crippen molar-refractivity contribution in [3.63, 3.8) is 0 Å². The van der Waals surface area contributed by atoms with Gasteiger partial charge in [-0.3, -0.25) is 9.88 Å². The first-order valence-electron chi connectivity index (χ1n) is 8.12. The maximum absolute atomic E-state index is 4.55. The zero-order chi connectivity index (χ0) is 14.2. The molecular weight excluding hydrogens is 248 g/mol. The molecule has 0 saturated carbocycles. The van der Waals surface area contributed by atoms with E-state index >= 15 is 0 Å². The molecule has 1 unspecified atom stereocenters. The van der Waals surface area contributed by atoms with E-state index in [-0.39, 0.29) is 0 Å². The first kappa shape index (κ1) is 15.2.